The topological polar surface area (TPSA) is 121 Å². The maximum absolute atomic E-state index is 12.6. The number of rotatable bonds is 6. The number of amides is 3. The minimum absolute atomic E-state index is 0.0541. The molecule has 0 radical (unpaired) electrons. The zero-order chi connectivity index (χ0) is 20.2. The number of urea groups is 1. The molecule has 8 nitrogen and oxygen atoms in total. The maximum Gasteiger partial charge on any atom is 0.315 e. The Morgan fingerprint density at radius 1 is 1.19 bits per heavy atom. The van der Waals surface area contributed by atoms with Gasteiger partial charge in [0.05, 0.1) is 11.5 Å². The van der Waals surface area contributed by atoms with Crippen LogP contribution in [0, 0.1) is 5.92 Å². The predicted molar refractivity (Wildman–Crippen MR) is 102 cm³/mol. The van der Waals surface area contributed by atoms with Gasteiger partial charge in [0.15, 0.2) is 15.6 Å². The lowest BCUT2D eigenvalue weighted by Crippen LogP contribution is -2.52. The number of anilines is 1. The molecule has 148 valence electrons. The molecule has 0 aliphatic carbocycles. The fourth-order valence-electron chi connectivity index (χ4n) is 2.85. The average Bonchev–Trinajstić information content (AvgIpc) is 2.91. The Balaban J connectivity index is 1.99. The van der Waals surface area contributed by atoms with Crippen molar-refractivity contribution in [3.8, 4) is 0 Å². The number of benzene rings is 1. The average molecular weight is 395 g/mol. The first-order valence-electron chi connectivity index (χ1n) is 8.76. The molecule has 2 atom stereocenters. The molecule has 1 aromatic rings. The van der Waals surface area contributed by atoms with Crippen molar-refractivity contribution in [3.63, 3.8) is 0 Å². The van der Waals surface area contributed by atoms with E-state index in [9.17, 15) is 22.8 Å². The highest BCUT2D eigenvalue weighted by Crippen LogP contribution is 2.14. The van der Waals surface area contributed by atoms with Crippen molar-refractivity contribution in [2.45, 2.75) is 39.3 Å². The van der Waals surface area contributed by atoms with Crippen molar-refractivity contribution in [2.75, 3.05) is 16.8 Å². The van der Waals surface area contributed by atoms with Crippen LogP contribution in [0.2, 0.25) is 0 Å². The number of sulfone groups is 1. The molecule has 1 fully saturated rings. The van der Waals surface area contributed by atoms with Crippen LogP contribution in [0.3, 0.4) is 0 Å². The monoisotopic (exact) mass is 395 g/mol. The van der Waals surface area contributed by atoms with Gasteiger partial charge in [-0.25, -0.2) is 13.2 Å². The largest absolute Gasteiger partial charge is 0.334 e. The van der Waals surface area contributed by atoms with Crippen LogP contribution in [0.1, 0.15) is 37.6 Å². The summed E-state index contributed by atoms with van der Waals surface area (Å²) in [4.78, 5) is 36.2. The highest BCUT2D eigenvalue weighted by Gasteiger charge is 2.30. The fraction of sp³-hybridized carbons (Fsp3) is 0.500. The minimum Gasteiger partial charge on any atom is -0.334 e. The van der Waals surface area contributed by atoms with Gasteiger partial charge in [0.25, 0.3) is 0 Å². The molecule has 1 aliphatic rings. The third-order valence-electron chi connectivity index (χ3n) is 4.34. The molecule has 2 unspecified atom stereocenters. The van der Waals surface area contributed by atoms with Crippen LogP contribution in [0.15, 0.2) is 24.3 Å². The Kier molecular flexibility index (Phi) is 6.59. The van der Waals surface area contributed by atoms with Crippen LogP contribution in [0.5, 0.6) is 0 Å². The molecule has 1 heterocycles. The van der Waals surface area contributed by atoms with Gasteiger partial charge in [-0.1, -0.05) is 26.0 Å². The molecule has 1 aromatic carbocycles. The van der Waals surface area contributed by atoms with Gasteiger partial charge in [-0.3, -0.25) is 9.59 Å². The molecule has 9 heteroatoms. The van der Waals surface area contributed by atoms with Gasteiger partial charge in [-0.2, -0.15) is 0 Å². The summed E-state index contributed by atoms with van der Waals surface area (Å²) in [5, 5.41) is 7.91. The standard InChI is InChI=1S/C18H25N3O5S/c1-11(2)16(21-18(24)20-15-7-8-27(25,26)10-15)17(23)19-14-6-4-5-13(9-14)12(3)22/h4-6,9,11,15-16H,7-8,10H2,1-3H3,(H,19,23)(H2,20,21,24). The number of hydrogen-bond acceptors (Lipinski definition) is 5. The Morgan fingerprint density at radius 2 is 1.89 bits per heavy atom. The van der Waals surface area contributed by atoms with Crippen molar-refractivity contribution in [1.82, 2.24) is 10.6 Å². The Labute approximate surface area is 159 Å². The fourth-order valence-corrected chi connectivity index (χ4v) is 4.52. The van der Waals surface area contributed by atoms with Crippen molar-refractivity contribution in [3.05, 3.63) is 29.8 Å². The highest BCUT2D eigenvalue weighted by molar-refractivity contribution is 7.91. The molecular formula is C18H25N3O5S. The Bertz CT molecular complexity index is 835. The van der Waals surface area contributed by atoms with Crippen molar-refractivity contribution < 1.29 is 22.8 Å². The summed E-state index contributed by atoms with van der Waals surface area (Å²) < 4.78 is 23.0. The lowest BCUT2D eigenvalue weighted by Gasteiger charge is -2.23. The lowest BCUT2D eigenvalue weighted by atomic mass is 10.0. The van der Waals surface area contributed by atoms with E-state index >= 15 is 0 Å². The Hall–Kier alpha value is -2.42. The van der Waals surface area contributed by atoms with Crippen LogP contribution in [0.4, 0.5) is 10.5 Å². The minimum atomic E-state index is -3.10. The van der Waals surface area contributed by atoms with E-state index in [-0.39, 0.29) is 23.2 Å². The number of Topliss-reactive ketones (excluding diaryl/α,β-unsaturated/α-hetero) is 1. The van der Waals surface area contributed by atoms with Crippen LogP contribution in [-0.2, 0) is 14.6 Å². The van der Waals surface area contributed by atoms with Gasteiger partial charge in [-0.15, -0.1) is 0 Å². The molecule has 0 aromatic heterocycles. The zero-order valence-corrected chi connectivity index (χ0v) is 16.4. The Morgan fingerprint density at radius 3 is 2.44 bits per heavy atom. The third-order valence-corrected chi connectivity index (χ3v) is 6.11. The summed E-state index contributed by atoms with van der Waals surface area (Å²) in [6.45, 7) is 5.01. The normalized spacial score (nSPS) is 19.3. The predicted octanol–water partition coefficient (Wildman–Crippen LogP) is 1.34. The molecule has 0 bridgehead atoms. The van der Waals surface area contributed by atoms with Gasteiger partial charge < -0.3 is 16.0 Å². The lowest BCUT2D eigenvalue weighted by molar-refractivity contribution is -0.118. The molecule has 0 saturated carbocycles. The molecule has 2 rings (SSSR count). The van der Waals surface area contributed by atoms with E-state index in [0.29, 0.717) is 17.7 Å². The van der Waals surface area contributed by atoms with E-state index in [4.69, 9.17) is 0 Å². The number of hydrogen-bond donors (Lipinski definition) is 3. The summed E-state index contributed by atoms with van der Waals surface area (Å²) >= 11 is 0. The number of ketones is 1. The second kappa shape index (κ2) is 8.51. The second-order valence-electron chi connectivity index (χ2n) is 7.07. The zero-order valence-electron chi connectivity index (χ0n) is 15.6. The van der Waals surface area contributed by atoms with Gasteiger partial charge in [0.1, 0.15) is 6.04 Å². The quantitative estimate of drug-likeness (QED) is 0.628. The molecular weight excluding hydrogens is 370 g/mol. The molecule has 3 amide bonds. The number of carbonyl (C=O) groups excluding carboxylic acids is 3. The van der Waals surface area contributed by atoms with E-state index in [2.05, 4.69) is 16.0 Å². The summed E-state index contributed by atoms with van der Waals surface area (Å²) in [5.41, 5.74) is 0.935. The first-order valence-corrected chi connectivity index (χ1v) is 10.6. The molecule has 0 spiro atoms. The van der Waals surface area contributed by atoms with Crippen molar-refractivity contribution in [2.24, 2.45) is 5.92 Å². The van der Waals surface area contributed by atoms with Crippen molar-refractivity contribution >= 4 is 33.2 Å². The molecule has 3 N–H and O–H groups in total. The maximum atomic E-state index is 12.6. The van der Waals surface area contributed by atoms with E-state index < -0.39 is 33.9 Å². The van der Waals surface area contributed by atoms with Crippen LogP contribution in [0.25, 0.3) is 0 Å². The molecule has 1 aliphatic heterocycles. The summed E-state index contributed by atoms with van der Waals surface area (Å²) in [7, 11) is -3.10. The highest BCUT2D eigenvalue weighted by atomic mass is 32.2. The second-order valence-corrected chi connectivity index (χ2v) is 9.29. The van der Waals surface area contributed by atoms with Crippen LogP contribution < -0.4 is 16.0 Å². The summed E-state index contributed by atoms with van der Waals surface area (Å²) in [6.07, 6.45) is 0.367. The van der Waals surface area contributed by atoms with E-state index in [1.165, 1.54) is 6.92 Å². The van der Waals surface area contributed by atoms with Gasteiger partial charge >= 0.3 is 6.03 Å². The van der Waals surface area contributed by atoms with E-state index in [0.717, 1.165) is 0 Å². The number of carbonyl (C=O) groups is 3. The first kappa shape index (κ1) is 20.9. The molecule has 1 saturated heterocycles. The summed E-state index contributed by atoms with van der Waals surface area (Å²) in [5.74, 6) is -0.760. The van der Waals surface area contributed by atoms with Crippen LogP contribution >= 0.6 is 0 Å². The van der Waals surface area contributed by atoms with Crippen LogP contribution in [-0.4, -0.2) is 49.7 Å². The van der Waals surface area contributed by atoms with E-state index in [1.807, 2.05) is 0 Å². The third kappa shape index (κ3) is 6.06. The molecule has 27 heavy (non-hydrogen) atoms. The van der Waals surface area contributed by atoms with Gasteiger partial charge in [-0.05, 0) is 31.4 Å². The van der Waals surface area contributed by atoms with Gasteiger partial charge in [0, 0.05) is 17.3 Å². The summed E-state index contributed by atoms with van der Waals surface area (Å²) in [6, 6.07) is 4.70. The van der Waals surface area contributed by atoms with Gasteiger partial charge in [0.2, 0.25) is 5.91 Å². The first-order chi connectivity index (χ1) is 12.6. The van der Waals surface area contributed by atoms with E-state index in [1.54, 1.807) is 38.1 Å². The smallest absolute Gasteiger partial charge is 0.315 e. The SMILES string of the molecule is CC(=O)c1cccc(NC(=O)C(NC(=O)NC2CCS(=O)(=O)C2)C(C)C)c1. The number of nitrogens with one attached hydrogen (secondary N) is 3. The van der Waals surface area contributed by atoms with Crippen molar-refractivity contribution in [1.29, 1.82) is 0 Å².